The maximum absolute atomic E-state index is 13.4. The van der Waals surface area contributed by atoms with Gasteiger partial charge >= 0.3 is 0 Å². The van der Waals surface area contributed by atoms with Gasteiger partial charge in [0.25, 0.3) is 5.69 Å². The van der Waals surface area contributed by atoms with E-state index in [9.17, 15) is 28.0 Å². The van der Waals surface area contributed by atoms with E-state index in [4.69, 9.17) is 11.6 Å². The summed E-state index contributed by atoms with van der Waals surface area (Å²) < 4.78 is 36.4. The van der Waals surface area contributed by atoms with Crippen molar-refractivity contribution in [3.63, 3.8) is 0 Å². The molecule has 0 aliphatic heterocycles. The highest BCUT2D eigenvalue weighted by atomic mass is 35.5. The molecule has 0 saturated heterocycles. The van der Waals surface area contributed by atoms with Gasteiger partial charge < -0.3 is 10.4 Å². The lowest BCUT2D eigenvalue weighted by Crippen LogP contribution is -2.13. The minimum absolute atomic E-state index is 0.0332. The minimum atomic E-state index is -3.59. The van der Waals surface area contributed by atoms with E-state index in [-0.39, 0.29) is 27.7 Å². The Morgan fingerprint density at radius 2 is 2.00 bits per heavy atom. The van der Waals surface area contributed by atoms with Crippen LogP contribution >= 0.6 is 11.6 Å². The monoisotopic (exact) mass is 388 g/mol. The number of nitrogens with one attached hydrogen (secondary N) is 1. The molecule has 2 N–H and O–H groups in total. The molecule has 2 rings (SSSR count). The Morgan fingerprint density at radius 3 is 2.56 bits per heavy atom. The van der Waals surface area contributed by atoms with E-state index in [1.807, 2.05) is 0 Å². The van der Waals surface area contributed by atoms with Gasteiger partial charge in [-0.3, -0.25) is 10.1 Å². The molecule has 1 atom stereocenters. The summed E-state index contributed by atoms with van der Waals surface area (Å²) >= 11 is 5.57. The third-order valence-corrected chi connectivity index (χ3v) is 4.83. The lowest BCUT2D eigenvalue weighted by atomic mass is 10.1. The number of rotatable bonds is 6. The molecule has 0 aliphatic carbocycles. The molecule has 134 valence electrons. The predicted molar refractivity (Wildman–Crippen MR) is 91.1 cm³/mol. The van der Waals surface area contributed by atoms with E-state index >= 15 is 0 Å². The lowest BCUT2D eigenvalue weighted by molar-refractivity contribution is -0.384. The second-order valence-electron chi connectivity index (χ2n) is 5.28. The summed E-state index contributed by atoms with van der Waals surface area (Å²) in [5.41, 5.74) is -0.173. The number of nitro benzene ring substituents is 1. The van der Waals surface area contributed by atoms with Crippen LogP contribution in [0.4, 0.5) is 15.8 Å². The normalized spacial score (nSPS) is 12.6. The van der Waals surface area contributed by atoms with Crippen molar-refractivity contribution in [3.8, 4) is 0 Å². The van der Waals surface area contributed by atoms with Crippen LogP contribution in [-0.4, -0.2) is 31.2 Å². The first-order chi connectivity index (χ1) is 11.6. The molecule has 1 unspecified atom stereocenters. The number of aliphatic hydroxyl groups excluding tert-OH is 1. The number of benzene rings is 2. The number of sulfone groups is 1. The summed E-state index contributed by atoms with van der Waals surface area (Å²) in [7, 11) is -3.59. The van der Waals surface area contributed by atoms with Crippen molar-refractivity contribution < 1.29 is 22.8 Å². The molecule has 0 aromatic heterocycles. The van der Waals surface area contributed by atoms with Gasteiger partial charge in [0.15, 0.2) is 9.84 Å². The third-order valence-electron chi connectivity index (χ3n) is 3.41. The van der Waals surface area contributed by atoms with Crippen LogP contribution < -0.4 is 5.32 Å². The Bertz CT molecular complexity index is 920. The van der Waals surface area contributed by atoms with E-state index < -0.39 is 32.4 Å². The first-order valence-electron chi connectivity index (χ1n) is 6.95. The summed E-state index contributed by atoms with van der Waals surface area (Å²) in [4.78, 5) is 10.2. The van der Waals surface area contributed by atoms with Gasteiger partial charge in [-0.05, 0) is 29.8 Å². The number of halogens is 2. The Hall–Kier alpha value is -2.23. The zero-order valence-electron chi connectivity index (χ0n) is 12.9. The van der Waals surface area contributed by atoms with Gasteiger partial charge in [0.1, 0.15) is 11.5 Å². The Morgan fingerprint density at radius 1 is 1.32 bits per heavy atom. The van der Waals surface area contributed by atoms with Gasteiger partial charge in [0.2, 0.25) is 0 Å². The minimum Gasteiger partial charge on any atom is -0.387 e. The zero-order valence-corrected chi connectivity index (χ0v) is 14.5. The van der Waals surface area contributed by atoms with E-state index in [1.54, 1.807) is 0 Å². The van der Waals surface area contributed by atoms with Crippen molar-refractivity contribution in [1.82, 2.24) is 0 Å². The van der Waals surface area contributed by atoms with Crippen molar-refractivity contribution in [2.45, 2.75) is 11.0 Å². The maximum atomic E-state index is 13.4. The Labute approximate surface area is 148 Å². The van der Waals surface area contributed by atoms with Crippen LogP contribution in [0.15, 0.2) is 41.3 Å². The summed E-state index contributed by atoms with van der Waals surface area (Å²) in [6.07, 6.45) is -0.209. The van der Waals surface area contributed by atoms with E-state index in [1.165, 1.54) is 24.3 Å². The predicted octanol–water partition coefficient (Wildman–Crippen LogP) is 2.94. The van der Waals surface area contributed by atoms with Crippen molar-refractivity contribution >= 4 is 32.8 Å². The van der Waals surface area contributed by atoms with E-state index in [2.05, 4.69) is 5.32 Å². The summed E-state index contributed by atoms with van der Waals surface area (Å²) in [5, 5.41) is 23.8. The number of hydrogen-bond acceptors (Lipinski definition) is 6. The fourth-order valence-electron chi connectivity index (χ4n) is 2.09. The highest BCUT2D eigenvalue weighted by Crippen LogP contribution is 2.28. The van der Waals surface area contributed by atoms with Crippen LogP contribution in [-0.2, 0) is 9.84 Å². The number of nitrogens with zero attached hydrogens (tertiary/aromatic N) is 1. The van der Waals surface area contributed by atoms with Crippen LogP contribution in [0.1, 0.15) is 11.7 Å². The second-order valence-corrected chi connectivity index (χ2v) is 7.70. The number of anilines is 1. The van der Waals surface area contributed by atoms with Crippen LogP contribution in [0.2, 0.25) is 5.02 Å². The van der Waals surface area contributed by atoms with Crippen LogP contribution in [0, 0.1) is 15.9 Å². The Balaban J connectivity index is 2.22. The number of hydrogen-bond donors (Lipinski definition) is 2. The number of nitro groups is 1. The third kappa shape index (κ3) is 4.65. The van der Waals surface area contributed by atoms with Crippen LogP contribution in [0.3, 0.4) is 0 Å². The zero-order chi connectivity index (χ0) is 18.8. The molecule has 0 amide bonds. The van der Waals surface area contributed by atoms with Crippen molar-refractivity contribution in [2.75, 3.05) is 18.1 Å². The van der Waals surface area contributed by atoms with Crippen molar-refractivity contribution in [2.24, 2.45) is 0 Å². The van der Waals surface area contributed by atoms with E-state index in [0.717, 1.165) is 18.4 Å². The molecule has 0 saturated carbocycles. The van der Waals surface area contributed by atoms with Gasteiger partial charge in [-0.1, -0.05) is 17.7 Å². The van der Waals surface area contributed by atoms with Gasteiger partial charge in [0, 0.05) is 18.9 Å². The first kappa shape index (κ1) is 19.1. The molecule has 25 heavy (non-hydrogen) atoms. The Kier molecular flexibility index (Phi) is 5.61. The summed E-state index contributed by atoms with van der Waals surface area (Å²) in [5.74, 6) is -0.693. The average Bonchev–Trinajstić information content (AvgIpc) is 2.54. The smallest absolute Gasteiger partial charge is 0.293 e. The summed E-state index contributed by atoms with van der Waals surface area (Å²) in [6.45, 7) is -0.153. The quantitative estimate of drug-likeness (QED) is 0.581. The molecule has 0 radical (unpaired) electrons. The molecule has 2 aromatic rings. The maximum Gasteiger partial charge on any atom is 0.293 e. The second kappa shape index (κ2) is 7.34. The average molecular weight is 389 g/mol. The molecular weight excluding hydrogens is 375 g/mol. The topological polar surface area (TPSA) is 110 Å². The fraction of sp³-hybridized carbons (Fsp3) is 0.200. The molecule has 10 heteroatoms. The highest BCUT2D eigenvalue weighted by molar-refractivity contribution is 7.90. The first-order valence-corrected chi connectivity index (χ1v) is 9.22. The fourth-order valence-corrected chi connectivity index (χ4v) is 2.85. The van der Waals surface area contributed by atoms with Crippen LogP contribution in [0.5, 0.6) is 0 Å². The molecular formula is C15H14ClFN2O5S. The van der Waals surface area contributed by atoms with Gasteiger partial charge in [-0.15, -0.1) is 0 Å². The number of aliphatic hydroxyl groups is 1. The van der Waals surface area contributed by atoms with Gasteiger partial charge in [-0.25, -0.2) is 12.8 Å². The summed E-state index contributed by atoms with van der Waals surface area (Å²) in [6, 6.07) is 7.18. The molecule has 0 bridgehead atoms. The molecule has 0 fully saturated rings. The molecule has 0 heterocycles. The van der Waals surface area contributed by atoms with E-state index in [0.29, 0.717) is 0 Å². The van der Waals surface area contributed by atoms with Crippen molar-refractivity contribution in [3.05, 3.63) is 62.9 Å². The largest absolute Gasteiger partial charge is 0.387 e. The molecule has 0 spiro atoms. The SMILES string of the molecule is CS(=O)(=O)c1ccc(NCC(O)c2ccc(Cl)c(F)c2)c([N+](=O)[O-])c1. The van der Waals surface area contributed by atoms with Crippen LogP contribution in [0.25, 0.3) is 0 Å². The highest BCUT2D eigenvalue weighted by Gasteiger charge is 2.19. The van der Waals surface area contributed by atoms with Crippen molar-refractivity contribution in [1.29, 1.82) is 0 Å². The molecule has 7 nitrogen and oxygen atoms in total. The standard InChI is InChI=1S/C15H14ClFN2O5S/c1-25(23,24)10-3-5-13(14(7-10)19(21)22)18-8-15(20)9-2-4-11(16)12(17)6-9/h2-7,15,18,20H,8H2,1H3. The van der Waals surface area contributed by atoms with Gasteiger partial charge in [0.05, 0.1) is 20.9 Å². The molecule has 0 aliphatic rings. The van der Waals surface area contributed by atoms with Gasteiger partial charge in [-0.2, -0.15) is 0 Å². The lowest BCUT2D eigenvalue weighted by Gasteiger charge is -2.14. The molecule has 2 aromatic carbocycles.